The van der Waals surface area contributed by atoms with Crippen LogP contribution < -0.4 is 5.43 Å². The number of amides is 1. The van der Waals surface area contributed by atoms with Crippen molar-refractivity contribution in [3.63, 3.8) is 0 Å². The lowest BCUT2D eigenvalue weighted by Gasteiger charge is -2.05. The van der Waals surface area contributed by atoms with Crippen molar-refractivity contribution in [1.82, 2.24) is 5.43 Å². The van der Waals surface area contributed by atoms with E-state index in [-0.39, 0.29) is 29.8 Å². The quantitative estimate of drug-likeness (QED) is 0.662. The number of benzene rings is 1. The van der Waals surface area contributed by atoms with Crippen LogP contribution in [-0.4, -0.2) is 32.0 Å². The molecule has 1 atom stereocenters. The van der Waals surface area contributed by atoms with Crippen LogP contribution in [0.5, 0.6) is 0 Å². The number of rotatable bonds is 5. The Morgan fingerprint density at radius 2 is 2.10 bits per heavy atom. The molecule has 0 unspecified atom stereocenters. The maximum absolute atomic E-state index is 11.7. The van der Waals surface area contributed by atoms with Gasteiger partial charge >= 0.3 is 0 Å². The van der Waals surface area contributed by atoms with Crippen molar-refractivity contribution in [3.05, 3.63) is 35.4 Å². The topological polar surface area (TPSA) is 75.6 Å². The van der Waals surface area contributed by atoms with Crippen LogP contribution in [0.3, 0.4) is 0 Å². The number of hydrazone groups is 1. The molecule has 1 N–H and O–H groups in total. The van der Waals surface area contributed by atoms with Gasteiger partial charge in [-0.1, -0.05) is 31.2 Å². The van der Waals surface area contributed by atoms with Crippen molar-refractivity contribution in [2.45, 2.75) is 26.2 Å². The standard InChI is InChI=1S/C15H20N2O3S/c1-2-12-3-5-13(6-4-12)10-16-17-15(18)9-14-7-8-21(19,20)11-14/h3-6,10,14H,2,7-9,11H2,1H3,(H,17,18)/b16-10-/t14-/m0/s1. The van der Waals surface area contributed by atoms with Crippen LogP contribution in [0, 0.1) is 5.92 Å². The van der Waals surface area contributed by atoms with E-state index in [9.17, 15) is 13.2 Å². The van der Waals surface area contributed by atoms with Crippen molar-refractivity contribution in [2.75, 3.05) is 11.5 Å². The second-order valence-electron chi connectivity index (χ2n) is 5.36. The summed E-state index contributed by atoms with van der Waals surface area (Å²) < 4.78 is 22.6. The molecule has 0 spiro atoms. The molecule has 1 aliphatic rings. The fourth-order valence-corrected chi connectivity index (χ4v) is 4.22. The zero-order valence-corrected chi connectivity index (χ0v) is 12.9. The lowest BCUT2D eigenvalue weighted by molar-refractivity contribution is -0.121. The first-order chi connectivity index (χ1) is 9.98. The van der Waals surface area contributed by atoms with Gasteiger partial charge in [-0.3, -0.25) is 4.79 Å². The molecule has 0 radical (unpaired) electrons. The molecule has 1 aromatic carbocycles. The molecule has 5 nitrogen and oxygen atoms in total. The Hall–Kier alpha value is -1.69. The fraction of sp³-hybridized carbons (Fsp3) is 0.467. The second-order valence-corrected chi connectivity index (χ2v) is 7.59. The van der Waals surface area contributed by atoms with E-state index in [1.165, 1.54) is 5.56 Å². The highest BCUT2D eigenvalue weighted by Crippen LogP contribution is 2.21. The van der Waals surface area contributed by atoms with Crippen molar-refractivity contribution < 1.29 is 13.2 Å². The van der Waals surface area contributed by atoms with E-state index in [2.05, 4.69) is 17.5 Å². The minimum absolute atomic E-state index is 0.0750. The van der Waals surface area contributed by atoms with E-state index in [1.54, 1.807) is 6.21 Å². The van der Waals surface area contributed by atoms with Gasteiger partial charge in [0.15, 0.2) is 9.84 Å². The van der Waals surface area contributed by atoms with Crippen LogP contribution in [0.2, 0.25) is 0 Å². The molecule has 1 fully saturated rings. The average Bonchev–Trinajstić information content (AvgIpc) is 2.78. The molecule has 0 bridgehead atoms. The van der Waals surface area contributed by atoms with Gasteiger partial charge in [-0.25, -0.2) is 13.8 Å². The molecule has 6 heteroatoms. The molecule has 2 rings (SSSR count). The van der Waals surface area contributed by atoms with Crippen molar-refractivity contribution >= 4 is 22.0 Å². The number of hydrogen-bond donors (Lipinski definition) is 1. The highest BCUT2D eigenvalue weighted by Gasteiger charge is 2.29. The zero-order chi connectivity index (χ0) is 15.3. The average molecular weight is 308 g/mol. The third kappa shape index (κ3) is 4.97. The summed E-state index contributed by atoms with van der Waals surface area (Å²) in [5.41, 5.74) is 4.61. The van der Waals surface area contributed by atoms with E-state index in [0.717, 1.165) is 12.0 Å². The molecule has 0 aromatic heterocycles. The van der Waals surface area contributed by atoms with Crippen LogP contribution >= 0.6 is 0 Å². The monoisotopic (exact) mass is 308 g/mol. The Bertz CT molecular complexity index is 621. The Balaban J connectivity index is 1.79. The van der Waals surface area contributed by atoms with Crippen LogP contribution in [-0.2, 0) is 21.1 Å². The van der Waals surface area contributed by atoms with Gasteiger partial charge in [0.1, 0.15) is 0 Å². The first-order valence-electron chi connectivity index (χ1n) is 7.10. The SMILES string of the molecule is CCc1ccc(/C=N\NC(=O)C[C@@H]2CCS(=O)(=O)C2)cc1. The molecule has 114 valence electrons. The lowest BCUT2D eigenvalue weighted by Crippen LogP contribution is -2.21. The third-order valence-corrected chi connectivity index (χ3v) is 5.43. The number of carbonyl (C=O) groups is 1. The first kappa shape index (κ1) is 15.7. The highest BCUT2D eigenvalue weighted by atomic mass is 32.2. The lowest BCUT2D eigenvalue weighted by atomic mass is 10.1. The van der Waals surface area contributed by atoms with Gasteiger partial charge in [0.05, 0.1) is 17.7 Å². The Morgan fingerprint density at radius 1 is 1.38 bits per heavy atom. The van der Waals surface area contributed by atoms with Gasteiger partial charge in [0, 0.05) is 6.42 Å². The second kappa shape index (κ2) is 6.85. The summed E-state index contributed by atoms with van der Waals surface area (Å²) >= 11 is 0. The predicted molar refractivity (Wildman–Crippen MR) is 82.9 cm³/mol. The summed E-state index contributed by atoms with van der Waals surface area (Å²) in [6.07, 6.45) is 3.35. The predicted octanol–water partition coefficient (Wildman–Crippen LogP) is 1.52. The Labute approximate surface area is 125 Å². The molecular weight excluding hydrogens is 288 g/mol. The molecule has 0 saturated carbocycles. The Kier molecular flexibility index (Phi) is 5.12. The summed E-state index contributed by atoms with van der Waals surface area (Å²) in [6.45, 7) is 2.09. The Morgan fingerprint density at radius 3 is 2.67 bits per heavy atom. The minimum atomic E-state index is -2.93. The molecule has 1 heterocycles. The van der Waals surface area contributed by atoms with Gasteiger partial charge in [-0.2, -0.15) is 5.10 Å². The maximum Gasteiger partial charge on any atom is 0.240 e. The fourth-order valence-electron chi connectivity index (χ4n) is 2.36. The number of sulfone groups is 1. The van der Waals surface area contributed by atoms with E-state index >= 15 is 0 Å². The molecular formula is C15H20N2O3S. The first-order valence-corrected chi connectivity index (χ1v) is 8.92. The van der Waals surface area contributed by atoms with Crippen molar-refractivity contribution in [1.29, 1.82) is 0 Å². The number of nitrogens with one attached hydrogen (secondary N) is 1. The van der Waals surface area contributed by atoms with Crippen LogP contribution in [0.15, 0.2) is 29.4 Å². The van der Waals surface area contributed by atoms with Gasteiger partial charge < -0.3 is 0 Å². The summed E-state index contributed by atoms with van der Waals surface area (Å²) in [5, 5.41) is 3.90. The molecule has 21 heavy (non-hydrogen) atoms. The molecule has 0 aliphatic carbocycles. The number of hydrogen-bond acceptors (Lipinski definition) is 4. The van der Waals surface area contributed by atoms with E-state index in [4.69, 9.17) is 0 Å². The molecule has 1 saturated heterocycles. The van der Waals surface area contributed by atoms with Crippen molar-refractivity contribution in [3.8, 4) is 0 Å². The van der Waals surface area contributed by atoms with Crippen LogP contribution in [0.1, 0.15) is 30.9 Å². The van der Waals surface area contributed by atoms with E-state index in [0.29, 0.717) is 6.42 Å². The summed E-state index contributed by atoms with van der Waals surface area (Å²) in [7, 11) is -2.93. The maximum atomic E-state index is 11.7. The van der Waals surface area contributed by atoms with Gasteiger partial charge in [0.2, 0.25) is 5.91 Å². The van der Waals surface area contributed by atoms with Crippen molar-refractivity contribution in [2.24, 2.45) is 11.0 Å². The molecule has 1 aromatic rings. The highest BCUT2D eigenvalue weighted by molar-refractivity contribution is 7.91. The smallest absolute Gasteiger partial charge is 0.240 e. The normalized spacial score (nSPS) is 20.7. The number of aryl methyl sites for hydroxylation is 1. The molecule has 1 amide bonds. The van der Waals surface area contributed by atoms with Gasteiger partial charge in [-0.05, 0) is 29.9 Å². The summed E-state index contributed by atoms with van der Waals surface area (Å²) in [5.74, 6) is -0.00628. The van der Waals surface area contributed by atoms with Crippen LogP contribution in [0.25, 0.3) is 0 Å². The van der Waals surface area contributed by atoms with Gasteiger partial charge in [-0.15, -0.1) is 0 Å². The minimum Gasteiger partial charge on any atom is -0.273 e. The van der Waals surface area contributed by atoms with Gasteiger partial charge in [0.25, 0.3) is 0 Å². The molecule has 1 aliphatic heterocycles. The van der Waals surface area contributed by atoms with Crippen LogP contribution in [0.4, 0.5) is 0 Å². The van der Waals surface area contributed by atoms with E-state index < -0.39 is 9.84 Å². The number of nitrogens with zero attached hydrogens (tertiary/aromatic N) is 1. The van der Waals surface area contributed by atoms with E-state index in [1.807, 2.05) is 24.3 Å². The summed E-state index contributed by atoms with van der Waals surface area (Å²) in [4.78, 5) is 11.7. The summed E-state index contributed by atoms with van der Waals surface area (Å²) in [6, 6.07) is 7.93. The number of carbonyl (C=O) groups excluding carboxylic acids is 1. The third-order valence-electron chi connectivity index (χ3n) is 3.59. The largest absolute Gasteiger partial charge is 0.273 e. The zero-order valence-electron chi connectivity index (χ0n) is 12.1.